The molecule has 0 fully saturated rings. The number of fused-ring (bicyclic) bond motifs is 1. The number of aromatic nitrogens is 3. The van der Waals surface area contributed by atoms with Crippen molar-refractivity contribution in [2.45, 2.75) is 6.92 Å². The van der Waals surface area contributed by atoms with Gasteiger partial charge in [0.1, 0.15) is 5.82 Å². The van der Waals surface area contributed by atoms with Crippen LogP contribution in [0.1, 0.15) is 11.3 Å². The van der Waals surface area contributed by atoms with Crippen LogP contribution in [0.15, 0.2) is 35.9 Å². The summed E-state index contributed by atoms with van der Waals surface area (Å²) >= 11 is 6.10. The van der Waals surface area contributed by atoms with E-state index in [4.69, 9.17) is 16.7 Å². The molecule has 0 aliphatic rings. The van der Waals surface area contributed by atoms with Gasteiger partial charge in [-0.1, -0.05) is 17.7 Å². The van der Waals surface area contributed by atoms with Gasteiger partial charge in [-0.3, -0.25) is 4.68 Å². The van der Waals surface area contributed by atoms with Crippen LogP contribution < -0.4 is 5.14 Å². The predicted molar refractivity (Wildman–Crippen MR) is 91.9 cm³/mol. The third kappa shape index (κ3) is 3.03. The Bertz CT molecular complexity index is 1030. The van der Waals surface area contributed by atoms with E-state index in [1.165, 1.54) is 6.08 Å². The molecule has 0 unspecified atom stereocenters. The maximum atomic E-state index is 11.2. The highest BCUT2D eigenvalue weighted by atomic mass is 35.5. The van der Waals surface area contributed by atoms with E-state index in [1.807, 2.05) is 42.0 Å². The number of halogens is 1. The molecule has 6 nitrogen and oxygen atoms in total. The van der Waals surface area contributed by atoms with E-state index in [1.54, 1.807) is 11.7 Å². The van der Waals surface area contributed by atoms with Gasteiger partial charge in [0.2, 0.25) is 10.0 Å². The zero-order valence-electron chi connectivity index (χ0n) is 12.6. The Hall–Kier alpha value is -2.09. The van der Waals surface area contributed by atoms with E-state index in [0.717, 1.165) is 22.1 Å². The molecule has 2 N–H and O–H groups in total. The van der Waals surface area contributed by atoms with Gasteiger partial charge in [-0.25, -0.2) is 13.6 Å². The van der Waals surface area contributed by atoms with E-state index in [9.17, 15) is 8.42 Å². The molecule has 1 aromatic carbocycles. The van der Waals surface area contributed by atoms with Crippen LogP contribution >= 0.6 is 11.6 Å². The summed E-state index contributed by atoms with van der Waals surface area (Å²) < 4.78 is 26.0. The third-order valence-electron chi connectivity index (χ3n) is 3.54. The average molecular weight is 351 g/mol. The van der Waals surface area contributed by atoms with E-state index in [-0.39, 0.29) is 0 Å². The fourth-order valence-corrected chi connectivity index (χ4v) is 3.08. The van der Waals surface area contributed by atoms with Crippen molar-refractivity contribution < 1.29 is 8.42 Å². The molecule has 8 heteroatoms. The maximum Gasteiger partial charge on any atom is 0.231 e. The number of nitrogens with two attached hydrogens (primary N) is 1. The molecule has 0 saturated carbocycles. The number of rotatable bonds is 3. The summed E-state index contributed by atoms with van der Waals surface area (Å²) in [7, 11) is -1.91. The van der Waals surface area contributed by atoms with Gasteiger partial charge in [0, 0.05) is 34.6 Å². The number of nitrogens with zero attached hydrogens (tertiary/aromatic N) is 3. The quantitative estimate of drug-likeness (QED) is 0.788. The molecule has 0 atom stereocenters. The third-order valence-corrected chi connectivity index (χ3v) is 4.30. The molecule has 0 saturated heterocycles. The summed E-state index contributed by atoms with van der Waals surface area (Å²) in [5, 5.41) is 12.0. The van der Waals surface area contributed by atoms with Gasteiger partial charge in [-0.05, 0) is 31.2 Å². The topological polar surface area (TPSA) is 82.9 Å². The van der Waals surface area contributed by atoms with Crippen molar-refractivity contribution in [3.63, 3.8) is 0 Å². The number of benzene rings is 1. The summed E-state index contributed by atoms with van der Waals surface area (Å²) in [5.41, 5.74) is 2.29. The average Bonchev–Trinajstić information content (AvgIpc) is 2.95. The number of hydrogen-bond donors (Lipinski definition) is 1. The first kappa shape index (κ1) is 15.8. The monoisotopic (exact) mass is 350 g/mol. The smallest absolute Gasteiger partial charge is 0.231 e. The Balaban J connectivity index is 2.27. The largest absolute Gasteiger partial charge is 0.301 e. The summed E-state index contributed by atoms with van der Waals surface area (Å²) in [4.78, 5) is 0. The Morgan fingerprint density at radius 2 is 2.04 bits per heavy atom. The molecule has 0 spiro atoms. The molecular formula is C15H15ClN4O2S. The van der Waals surface area contributed by atoms with Gasteiger partial charge in [-0.2, -0.15) is 5.10 Å². The van der Waals surface area contributed by atoms with Crippen molar-refractivity contribution in [2.75, 3.05) is 0 Å². The normalized spacial score (nSPS) is 12.5. The molecule has 0 aliphatic heterocycles. The van der Waals surface area contributed by atoms with Gasteiger partial charge in [0.15, 0.2) is 0 Å². The first-order valence-corrected chi connectivity index (χ1v) is 8.76. The zero-order valence-corrected chi connectivity index (χ0v) is 14.1. The molecule has 2 aromatic heterocycles. The molecule has 0 aliphatic carbocycles. The van der Waals surface area contributed by atoms with Crippen molar-refractivity contribution in [2.24, 2.45) is 12.2 Å². The second-order valence-corrected chi connectivity index (χ2v) is 7.11. The second-order valence-electron chi connectivity index (χ2n) is 5.23. The van der Waals surface area contributed by atoms with E-state index in [2.05, 4.69) is 5.10 Å². The molecule has 0 radical (unpaired) electrons. The molecule has 23 heavy (non-hydrogen) atoms. The SMILES string of the molecule is Cc1nn(C)c(-n2ccc3ccc(Cl)cc32)c1C=CS(N)(=O)=O. The van der Waals surface area contributed by atoms with Gasteiger partial charge in [0.25, 0.3) is 0 Å². The van der Waals surface area contributed by atoms with Crippen LogP contribution in [0, 0.1) is 6.92 Å². The zero-order chi connectivity index (χ0) is 16.8. The van der Waals surface area contributed by atoms with E-state index < -0.39 is 10.0 Å². The summed E-state index contributed by atoms with van der Waals surface area (Å²) in [6, 6.07) is 7.56. The molecule has 3 rings (SSSR count). The summed E-state index contributed by atoms with van der Waals surface area (Å²) in [6.07, 6.45) is 3.36. The van der Waals surface area contributed by atoms with Crippen LogP contribution in [0.3, 0.4) is 0 Å². The number of aryl methyl sites for hydroxylation is 2. The Kier molecular flexibility index (Phi) is 3.79. The molecule has 3 aromatic rings. The molecular weight excluding hydrogens is 336 g/mol. The van der Waals surface area contributed by atoms with Crippen molar-refractivity contribution in [3.8, 4) is 5.82 Å². The highest BCUT2D eigenvalue weighted by Gasteiger charge is 2.15. The first-order valence-electron chi connectivity index (χ1n) is 6.78. The Labute approximate surface area is 138 Å². The molecule has 0 bridgehead atoms. The number of sulfonamides is 1. The van der Waals surface area contributed by atoms with Crippen molar-refractivity contribution >= 4 is 38.6 Å². The lowest BCUT2D eigenvalue weighted by Gasteiger charge is -2.08. The molecule has 0 amide bonds. The lowest BCUT2D eigenvalue weighted by Crippen LogP contribution is -2.07. The van der Waals surface area contributed by atoms with E-state index >= 15 is 0 Å². The van der Waals surface area contributed by atoms with E-state index in [0.29, 0.717) is 16.3 Å². The van der Waals surface area contributed by atoms with Crippen LogP contribution in [-0.4, -0.2) is 22.8 Å². The van der Waals surface area contributed by atoms with Gasteiger partial charge in [0.05, 0.1) is 11.2 Å². The van der Waals surface area contributed by atoms with Crippen LogP contribution in [0.5, 0.6) is 0 Å². The highest BCUT2D eigenvalue weighted by Crippen LogP contribution is 2.27. The van der Waals surface area contributed by atoms with Crippen LogP contribution in [0.25, 0.3) is 22.8 Å². The first-order chi connectivity index (χ1) is 10.8. The number of primary sulfonamides is 1. The van der Waals surface area contributed by atoms with Crippen molar-refractivity contribution in [3.05, 3.63) is 52.2 Å². The second kappa shape index (κ2) is 5.52. The minimum atomic E-state index is -3.71. The predicted octanol–water partition coefficient (Wildman–Crippen LogP) is 2.59. The fourth-order valence-electron chi connectivity index (χ4n) is 2.59. The van der Waals surface area contributed by atoms with Gasteiger partial charge in [-0.15, -0.1) is 0 Å². The lowest BCUT2D eigenvalue weighted by molar-refractivity contribution is 0.606. The highest BCUT2D eigenvalue weighted by molar-refractivity contribution is 7.92. The minimum Gasteiger partial charge on any atom is -0.301 e. The Morgan fingerprint density at radius 3 is 2.74 bits per heavy atom. The van der Waals surface area contributed by atoms with Crippen LogP contribution in [0.2, 0.25) is 5.02 Å². The van der Waals surface area contributed by atoms with Gasteiger partial charge < -0.3 is 4.57 Å². The molecule has 2 heterocycles. The lowest BCUT2D eigenvalue weighted by atomic mass is 10.2. The van der Waals surface area contributed by atoms with Gasteiger partial charge >= 0.3 is 0 Å². The summed E-state index contributed by atoms with van der Waals surface area (Å²) in [5.74, 6) is 0.736. The fraction of sp³-hybridized carbons (Fsp3) is 0.133. The van der Waals surface area contributed by atoms with Crippen molar-refractivity contribution in [1.82, 2.24) is 14.3 Å². The van der Waals surface area contributed by atoms with Crippen LogP contribution in [0.4, 0.5) is 0 Å². The minimum absolute atomic E-state index is 0.623. The van der Waals surface area contributed by atoms with Crippen LogP contribution in [-0.2, 0) is 17.1 Å². The Morgan fingerprint density at radius 1 is 1.30 bits per heavy atom. The number of hydrogen-bond acceptors (Lipinski definition) is 3. The standard InChI is InChI=1S/C15H15ClN4O2S/c1-10-13(6-8-23(17,21)22)15(19(2)18-10)20-7-5-11-3-4-12(16)9-14(11)20/h3-9H,1-2H3,(H2,17,21,22). The summed E-state index contributed by atoms with van der Waals surface area (Å²) in [6.45, 7) is 1.81. The van der Waals surface area contributed by atoms with Crippen molar-refractivity contribution in [1.29, 1.82) is 0 Å². The maximum absolute atomic E-state index is 11.2. The molecule has 120 valence electrons.